The Labute approximate surface area is 198 Å². The van der Waals surface area contributed by atoms with Gasteiger partial charge in [0.05, 0.1) is 28.4 Å². The fourth-order valence-electron chi connectivity index (χ4n) is 3.61. The fraction of sp³-hybridized carbons (Fsp3) is 0.160. The van der Waals surface area contributed by atoms with Crippen LogP contribution in [0.2, 0.25) is 5.02 Å². The van der Waals surface area contributed by atoms with Crippen molar-refractivity contribution in [3.63, 3.8) is 0 Å². The zero-order valence-corrected chi connectivity index (χ0v) is 18.9. The van der Waals surface area contributed by atoms with E-state index in [4.69, 9.17) is 21.3 Å². The van der Waals surface area contributed by atoms with Gasteiger partial charge in [-0.25, -0.2) is 4.98 Å². The van der Waals surface area contributed by atoms with Crippen molar-refractivity contribution in [3.8, 4) is 17.2 Å². The molecule has 0 spiro atoms. The standard InChI is InChI=1S/C25H18ClF3N4O/c1-15-24(18-6-7-19(12-30)22(26)11-18)16(2)33(32-15)13-21-14-34-23(31-21)10-5-17-3-8-20(9-4-17)25(27,28)29/h3-11,14H,13H2,1-2H3/b10-5+. The first-order chi connectivity index (χ1) is 16.2. The van der Waals surface area contributed by atoms with Crippen molar-refractivity contribution in [2.24, 2.45) is 0 Å². The summed E-state index contributed by atoms with van der Waals surface area (Å²) in [6, 6.07) is 12.2. The molecule has 0 radical (unpaired) electrons. The summed E-state index contributed by atoms with van der Waals surface area (Å²) in [6.45, 7) is 4.20. The average molecular weight is 483 g/mol. The number of halogens is 4. The number of aryl methyl sites for hydroxylation is 1. The Morgan fingerprint density at radius 3 is 2.50 bits per heavy atom. The SMILES string of the molecule is Cc1nn(Cc2coc(/C=C/c3ccc(C(F)(F)F)cc3)n2)c(C)c1-c1ccc(C#N)c(Cl)c1. The molecule has 0 saturated carbocycles. The lowest BCUT2D eigenvalue weighted by Crippen LogP contribution is -2.04. The zero-order chi connectivity index (χ0) is 24.5. The lowest BCUT2D eigenvalue weighted by Gasteiger charge is -2.05. The van der Waals surface area contributed by atoms with Crippen molar-refractivity contribution in [2.75, 3.05) is 0 Å². The molecular weight excluding hydrogens is 465 g/mol. The van der Waals surface area contributed by atoms with E-state index in [2.05, 4.69) is 16.2 Å². The van der Waals surface area contributed by atoms with E-state index in [1.54, 1.807) is 29.0 Å². The van der Waals surface area contributed by atoms with Gasteiger partial charge in [-0.05, 0) is 55.3 Å². The molecule has 5 nitrogen and oxygen atoms in total. The first kappa shape index (κ1) is 23.3. The lowest BCUT2D eigenvalue weighted by molar-refractivity contribution is -0.137. The molecule has 0 aliphatic rings. The predicted octanol–water partition coefficient (Wildman–Crippen LogP) is 6.92. The zero-order valence-electron chi connectivity index (χ0n) is 18.2. The van der Waals surface area contributed by atoms with Crippen molar-refractivity contribution >= 4 is 23.8 Å². The maximum atomic E-state index is 12.7. The van der Waals surface area contributed by atoms with E-state index in [0.717, 1.165) is 34.6 Å². The van der Waals surface area contributed by atoms with Gasteiger partial charge in [0.2, 0.25) is 5.89 Å². The maximum absolute atomic E-state index is 12.7. The van der Waals surface area contributed by atoms with Crippen LogP contribution in [0.15, 0.2) is 53.1 Å². The lowest BCUT2D eigenvalue weighted by atomic mass is 10.0. The summed E-state index contributed by atoms with van der Waals surface area (Å²) in [5.74, 6) is 0.329. The van der Waals surface area contributed by atoms with Gasteiger partial charge in [-0.3, -0.25) is 4.68 Å². The number of alkyl halides is 3. The average Bonchev–Trinajstić information content (AvgIpc) is 3.35. The number of rotatable bonds is 5. The first-order valence-corrected chi connectivity index (χ1v) is 10.6. The van der Waals surface area contributed by atoms with Crippen LogP contribution in [0, 0.1) is 25.2 Å². The minimum Gasteiger partial charge on any atom is -0.445 e. The van der Waals surface area contributed by atoms with E-state index in [-0.39, 0.29) is 0 Å². The number of nitriles is 1. The van der Waals surface area contributed by atoms with E-state index in [0.29, 0.717) is 34.3 Å². The van der Waals surface area contributed by atoms with Crippen molar-refractivity contribution in [1.82, 2.24) is 14.8 Å². The van der Waals surface area contributed by atoms with Crippen molar-refractivity contribution in [2.45, 2.75) is 26.6 Å². The third kappa shape index (κ3) is 4.90. The smallest absolute Gasteiger partial charge is 0.416 e. The number of hydrogen-bond acceptors (Lipinski definition) is 4. The molecule has 34 heavy (non-hydrogen) atoms. The highest BCUT2D eigenvalue weighted by Crippen LogP contribution is 2.31. The number of hydrogen-bond donors (Lipinski definition) is 0. The molecule has 9 heteroatoms. The first-order valence-electron chi connectivity index (χ1n) is 10.2. The molecule has 0 amide bonds. The summed E-state index contributed by atoms with van der Waals surface area (Å²) in [5.41, 5.74) is 4.46. The second-order valence-corrected chi connectivity index (χ2v) is 8.05. The van der Waals surface area contributed by atoms with Crippen molar-refractivity contribution in [1.29, 1.82) is 5.26 Å². The van der Waals surface area contributed by atoms with Gasteiger partial charge in [-0.2, -0.15) is 23.5 Å². The molecule has 0 unspecified atom stereocenters. The third-order valence-electron chi connectivity index (χ3n) is 5.30. The molecule has 0 N–H and O–H groups in total. The summed E-state index contributed by atoms with van der Waals surface area (Å²) >= 11 is 6.20. The highest BCUT2D eigenvalue weighted by atomic mass is 35.5. The van der Waals surface area contributed by atoms with Crippen LogP contribution in [0.4, 0.5) is 13.2 Å². The summed E-state index contributed by atoms with van der Waals surface area (Å²) in [5, 5.41) is 14.1. The highest BCUT2D eigenvalue weighted by Gasteiger charge is 2.29. The molecule has 0 bridgehead atoms. The number of aromatic nitrogens is 3. The summed E-state index contributed by atoms with van der Waals surface area (Å²) in [4.78, 5) is 4.42. The largest absolute Gasteiger partial charge is 0.445 e. The molecule has 172 valence electrons. The van der Waals surface area contributed by atoms with E-state index in [1.807, 2.05) is 19.9 Å². The Bertz CT molecular complexity index is 1410. The van der Waals surface area contributed by atoms with Gasteiger partial charge in [-0.15, -0.1) is 0 Å². The normalized spacial score (nSPS) is 11.8. The van der Waals surface area contributed by atoms with Gasteiger partial charge in [-0.1, -0.05) is 29.8 Å². The quantitative estimate of drug-likeness (QED) is 0.309. The minimum atomic E-state index is -4.37. The molecule has 0 saturated heterocycles. The Morgan fingerprint density at radius 1 is 1.12 bits per heavy atom. The van der Waals surface area contributed by atoms with Gasteiger partial charge < -0.3 is 4.42 Å². The monoisotopic (exact) mass is 482 g/mol. The molecule has 0 atom stereocenters. The molecule has 2 aromatic heterocycles. The second-order valence-electron chi connectivity index (χ2n) is 7.64. The van der Waals surface area contributed by atoms with Crippen LogP contribution in [0.3, 0.4) is 0 Å². The fourth-order valence-corrected chi connectivity index (χ4v) is 3.83. The number of nitrogens with zero attached hydrogens (tertiary/aromatic N) is 4. The summed E-state index contributed by atoms with van der Waals surface area (Å²) in [7, 11) is 0. The van der Waals surface area contributed by atoms with Crippen LogP contribution in [0.5, 0.6) is 0 Å². The van der Waals surface area contributed by atoms with Crippen LogP contribution < -0.4 is 0 Å². The van der Waals surface area contributed by atoms with Crippen LogP contribution in [0.1, 0.15) is 39.7 Å². The Hall–Kier alpha value is -3.83. The van der Waals surface area contributed by atoms with E-state index < -0.39 is 11.7 Å². The molecule has 4 rings (SSSR count). The van der Waals surface area contributed by atoms with Gasteiger partial charge in [0.15, 0.2) is 0 Å². The van der Waals surface area contributed by atoms with Crippen molar-refractivity contribution < 1.29 is 17.6 Å². The topological polar surface area (TPSA) is 67.6 Å². The van der Waals surface area contributed by atoms with Gasteiger partial charge in [0.25, 0.3) is 0 Å². The van der Waals surface area contributed by atoms with E-state index >= 15 is 0 Å². The minimum absolute atomic E-state index is 0.329. The molecule has 4 aromatic rings. The van der Waals surface area contributed by atoms with E-state index in [1.165, 1.54) is 18.4 Å². The van der Waals surface area contributed by atoms with Gasteiger partial charge in [0.1, 0.15) is 18.0 Å². The highest BCUT2D eigenvalue weighted by molar-refractivity contribution is 6.32. The summed E-state index contributed by atoms with van der Waals surface area (Å²) in [6.07, 6.45) is 0.374. The third-order valence-corrected chi connectivity index (χ3v) is 5.61. The molecular formula is C25H18ClF3N4O. The molecule has 0 aliphatic heterocycles. The Morgan fingerprint density at radius 2 is 1.85 bits per heavy atom. The van der Waals surface area contributed by atoms with Crippen LogP contribution in [-0.4, -0.2) is 14.8 Å². The second kappa shape index (κ2) is 9.20. The Balaban J connectivity index is 1.50. The van der Waals surface area contributed by atoms with Crippen molar-refractivity contribution in [3.05, 3.63) is 93.4 Å². The number of benzene rings is 2. The van der Waals surface area contributed by atoms with Crippen LogP contribution >= 0.6 is 11.6 Å². The molecule has 0 aliphatic carbocycles. The maximum Gasteiger partial charge on any atom is 0.416 e. The van der Waals surface area contributed by atoms with E-state index in [9.17, 15) is 13.2 Å². The molecule has 2 aromatic carbocycles. The van der Waals surface area contributed by atoms with Gasteiger partial charge in [0, 0.05) is 17.3 Å². The molecule has 2 heterocycles. The predicted molar refractivity (Wildman–Crippen MR) is 123 cm³/mol. The number of oxazole rings is 1. The van der Waals surface area contributed by atoms with Crippen LogP contribution in [-0.2, 0) is 12.7 Å². The van der Waals surface area contributed by atoms with Crippen LogP contribution in [0.25, 0.3) is 23.3 Å². The van der Waals surface area contributed by atoms with Gasteiger partial charge >= 0.3 is 6.18 Å². The Kier molecular flexibility index (Phi) is 6.31. The molecule has 0 fully saturated rings. The summed E-state index contributed by atoms with van der Waals surface area (Å²) < 4.78 is 45.3.